The number of rotatable bonds is 4. The average Bonchev–Trinajstić information content (AvgIpc) is 2.26. The first-order valence-electron chi connectivity index (χ1n) is 4.64. The fourth-order valence-electron chi connectivity index (χ4n) is 1.19. The van der Waals surface area contributed by atoms with Crippen LogP contribution in [0.4, 0.5) is 0 Å². The van der Waals surface area contributed by atoms with Gasteiger partial charge in [0.1, 0.15) is 6.04 Å². The molecule has 0 fully saturated rings. The summed E-state index contributed by atoms with van der Waals surface area (Å²) in [5.41, 5.74) is 5.43. The molecule has 0 spiro atoms. The van der Waals surface area contributed by atoms with Gasteiger partial charge in [0.05, 0.1) is 7.11 Å². The number of nitrogens with zero attached hydrogens (tertiary/aromatic N) is 1. The Morgan fingerprint density at radius 2 is 2.33 bits per heavy atom. The molecule has 1 atom stereocenters. The molecule has 15 heavy (non-hydrogen) atoms. The maximum absolute atomic E-state index is 11.3. The fourth-order valence-corrected chi connectivity index (χ4v) is 1.19. The van der Waals surface area contributed by atoms with Gasteiger partial charge in [-0.2, -0.15) is 0 Å². The minimum atomic E-state index is -0.679. The molecule has 1 aromatic heterocycles. The Hall–Kier alpha value is -1.62. The lowest BCUT2D eigenvalue weighted by Gasteiger charge is -2.09. The molecule has 5 nitrogen and oxygen atoms in total. The standard InChI is InChI=1S/C10H14N2O3/c1-15-10(14)8(11)5-7-12-6-3-2-4-9(12)13/h2-4,6,8H,5,7,11H2,1H3. The maximum Gasteiger partial charge on any atom is 0.322 e. The number of methoxy groups -OCH3 is 1. The van der Waals surface area contributed by atoms with Crippen molar-refractivity contribution in [3.8, 4) is 0 Å². The van der Waals surface area contributed by atoms with Gasteiger partial charge in [-0.15, -0.1) is 0 Å². The Labute approximate surface area is 87.5 Å². The third-order valence-corrected chi connectivity index (χ3v) is 2.08. The van der Waals surface area contributed by atoms with Crippen molar-refractivity contribution in [3.05, 3.63) is 34.7 Å². The van der Waals surface area contributed by atoms with E-state index in [4.69, 9.17) is 5.73 Å². The highest BCUT2D eigenvalue weighted by Crippen LogP contribution is 1.94. The van der Waals surface area contributed by atoms with Gasteiger partial charge in [0.2, 0.25) is 5.56 Å². The molecule has 0 saturated carbocycles. The van der Waals surface area contributed by atoms with Crippen LogP contribution in [0.5, 0.6) is 0 Å². The molecule has 1 rings (SSSR count). The Morgan fingerprint density at radius 3 is 2.93 bits per heavy atom. The highest BCUT2D eigenvalue weighted by molar-refractivity contribution is 5.75. The van der Waals surface area contributed by atoms with Crippen LogP contribution in [0.15, 0.2) is 29.2 Å². The number of aryl methyl sites for hydroxylation is 1. The zero-order valence-electron chi connectivity index (χ0n) is 8.55. The number of pyridine rings is 1. The van der Waals surface area contributed by atoms with Crippen LogP contribution in [0.2, 0.25) is 0 Å². The molecule has 0 saturated heterocycles. The second kappa shape index (κ2) is 5.31. The van der Waals surface area contributed by atoms with Crippen molar-refractivity contribution >= 4 is 5.97 Å². The van der Waals surface area contributed by atoms with Gasteiger partial charge >= 0.3 is 5.97 Å². The first-order chi connectivity index (χ1) is 7.15. The van der Waals surface area contributed by atoms with Crippen LogP contribution in [0.25, 0.3) is 0 Å². The van der Waals surface area contributed by atoms with Crippen molar-refractivity contribution in [2.45, 2.75) is 19.0 Å². The molecular weight excluding hydrogens is 196 g/mol. The van der Waals surface area contributed by atoms with Gasteiger partial charge in [-0.25, -0.2) is 0 Å². The smallest absolute Gasteiger partial charge is 0.322 e. The molecule has 0 aromatic carbocycles. The summed E-state index contributed by atoms with van der Waals surface area (Å²) in [7, 11) is 1.29. The topological polar surface area (TPSA) is 74.3 Å². The van der Waals surface area contributed by atoms with E-state index >= 15 is 0 Å². The molecule has 0 bridgehead atoms. The number of esters is 1. The Morgan fingerprint density at radius 1 is 1.60 bits per heavy atom. The van der Waals surface area contributed by atoms with E-state index in [1.165, 1.54) is 17.7 Å². The van der Waals surface area contributed by atoms with Crippen LogP contribution < -0.4 is 11.3 Å². The van der Waals surface area contributed by atoms with E-state index in [9.17, 15) is 9.59 Å². The van der Waals surface area contributed by atoms with Gasteiger partial charge in [-0.1, -0.05) is 6.07 Å². The summed E-state index contributed by atoms with van der Waals surface area (Å²) in [5, 5.41) is 0. The van der Waals surface area contributed by atoms with Gasteiger partial charge < -0.3 is 15.0 Å². The van der Waals surface area contributed by atoms with Crippen molar-refractivity contribution in [2.24, 2.45) is 5.73 Å². The van der Waals surface area contributed by atoms with Crippen LogP contribution in [0.1, 0.15) is 6.42 Å². The predicted octanol–water partition coefficient (Wildman–Crippen LogP) is -0.261. The lowest BCUT2D eigenvalue weighted by molar-refractivity contribution is -0.142. The second-order valence-electron chi connectivity index (χ2n) is 3.15. The summed E-state index contributed by atoms with van der Waals surface area (Å²) in [6.07, 6.45) is 2.04. The third-order valence-electron chi connectivity index (χ3n) is 2.08. The number of ether oxygens (including phenoxy) is 1. The minimum absolute atomic E-state index is 0.102. The van der Waals surface area contributed by atoms with E-state index in [1.807, 2.05) is 0 Å². The SMILES string of the molecule is COC(=O)C(N)CCn1ccccc1=O. The zero-order valence-corrected chi connectivity index (χ0v) is 8.55. The highest BCUT2D eigenvalue weighted by atomic mass is 16.5. The number of hydrogen-bond donors (Lipinski definition) is 1. The molecule has 0 aliphatic heterocycles. The lowest BCUT2D eigenvalue weighted by Crippen LogP contribution is -2.33. The van der Waals surface area contributed by atoms with Crippen LogP contribution >= 0.6 is 0 Å². The molecule has 5 heteroatoms. The summed E-state index contributed by atoms with van der Waals surface area (Å²) in [6.45, 7) is 0.413. The third kappa shape index (κ3) is 3.21. The van der Waals surface area contributed by atoms with Crippen LogP contribution in [0, 0.1) is 0 Å². The first kappa shape index (κ1) is 11.5. The Bertz CT molecular complexity index is 386. The van der Waals surface area contributed by atoms with Gasteiger partial charge in [-0.05, 0) is 12.5 Å². The van der Waals surface area contributed by atoms with Gasteiger partial charge in [-0.3, -0.25) is 9.59 Å². The first-order valence-corrected chi connectivity index (χ1v) is 4.64. The van der Waals surface area contributed by atoms with Crippen molar-refractivity contribution in [3.63, 3.8) is 0 Å². The van der Waals surface area contributed by atoms with E-state index < -0.39 is 12.0 Å². The fraction of sp³-hybridized carbons (Fsp3) is 0.400. The number of hydrogen-bond acceptors (Lipinski definition) is 4. The molecule has 82 valence electrons. The Kier molecular flexibility index (Phi) is 4.05. The maximum atomic E-state index is 11.3. The van der Waals surface area contributed by atoms with Gasteiger partial charge in [0, 0.05) is 18.8 Å². The van der Waals surface area contributed by atoms with Crippen molar-refractivity contribution in [2.75, 3.05) is 7.11 Å². The van der Waals surface area contributed by atoms with Crippen LogP contribution in [-0.2, 0) is 16.1 Å². The molecule has 0 aliphatic rings. The summed E-state index contributed by atoms with van der Waals surface area (Å²) >= 11 is 0. The number of carbonyl (C=O) groups is 1. The van der Waals surface area contributed by atoms with Crippen molar-refractivity contribution < 1.29 is 9.53 Å². The van der Waals surface area contributed by atoms with Gasteiger partial charge in [0.25, 0.3) is 0 Å². The summed E-state index contributed by atoms with van der Waals surface area (Å²) in [5.74, 6) is -0.459. The molecule has 1 aromatic rings. The van der Waals surface area contributed by atoms with Crippen LogP contribution in [-0.4, -0.2) is 23.7 Å². The van der Waals surface area contributed by atoms with Gasteiger partial charge in [0.15, 0.2) is 0 Å². The van der Waals surface area contributed by atoms with E-state index in [0.29, 0.717) is 13.0 Å². The van der Waals surface area contributed by atoms with Crippen molar-refractivity contribution in [1.82, 2.24) is 4.57 Å². The number of aromatic nitrogens is 1. The molecule has 0 aliphatic carbocycles. The number of nitrogens with two attached hydrogens (primary N) is 1. The minimum Gasteiger partial charge on any atom is -0.468 e. The highest BCUT2D eigenvalue weighted by Gasteiger charge is 2.13. The largest absolute Gasteiger partial charge is 0.468 e. The summed E-state index contributed by atoms with van der Waals surface area (Å²) in [4.78, 5) is 22.3. The zero-order chi connectivity index (χ0) is 11.3. The lowest BCUT2D eigenvalue weighted by atomic mass is 10.2. The molecule has 1 unspecified atom stereocenters. The van der Waals surface area contributed by atoms with Crippen LogP contribution in [0.3, 0.4) is 0 Å². The van der Waals surface area contributed by atoms with E-state index in [2.05, 4.69) is 4.74 Å². The molecule has 1 heterocycles. The average molecular weight is 210 g/mol. The molecule has 0 radical (unpaired) electrons. The quantitative estimate of drug-likeness (QED) is 0.695. The monoisotopic (exact) mass is 210 g/mol. The molecule has 2 N–H and O–H groups in total. The molecular formula is C10H14N2O3. The Balaban J connectivity index is 2.54. The second-order valence-corrected chi connectivity index (χ2v) is 3.15. The van der Waals surface area contributed by atoms with E-state index in [0.717, 1.165) is 0 Å². The summed E-state index contributed by atoms with van der Waals surface area (Å²) < 4.78 is 5.98. The van der Waals surface area contributed by atoms with E-state index in [-0.39, 0.29) is 5.56 Å². The molecule has 0 amide bonds. The number of carbonyl (C=O) groups excluding carboxylic acids is 1. The summed E-state index contributed by atoms with van der Waals surface area (Å²) in [6, 6.07) is 4.20. The predicted molar refractivity (Wildman–Crippen MR) is 55.3 cm³/mol. The van der Waals surface area contributed by atoms with E-state index in [1.54, 1.807) is 18.3 Å². The normalized spacial score (nSPS) is 12.1. The van der Waals surface area contributed by atoms with Crippen molar-refractivity contribution in [1.29, 1.82) is 0 Å².